The molecule has 0 spiro atoms. The van der Waals surface area contributed by atoms with Gasteiger partial charge in [0.05, 0.1) is 0 Å². The molecule has 1 aromatic carbocycles. The number of H-pyrrole nitrogens is 1. The molecule has 8 heteroatoms. The quantitative estimate of drug-likeness (QED) is 0.628. The normalized spacial score (nSPS) is 10.5. The zero-order chi connectivity index (χ0) is 15.8. The molecule has 0 atom stereocenters. The van der Waals surface area contributed by atoms with Crippen molar-refractivity contribution in [3.05, 3.63) is 64.1 Å². The van der Waals surface area contributed by atoms with Gasteiger partial charge in [0.15, 0.2) is 0 Å². The number of nitro groups is 1. The van der Waals surface area contributed by atoms with Gasteiger partial charge in [-0.15, -0.1) is 0 Å². The SMILES string of the molecule is O=C(NCC=Cc1ncc([N+](=O)[O-])[nH]1)OCc1ccccc1. The topological polar surface area (TPSA) is 110 Å². The van der Waals surface area contributed by atoms with E-state index >= 15 is 0 Å². The first kappa shape index (κ1) is 15.2. The largest absolute Gasteiger partial charge is 0.445 e. The van der Waals surface area contributed by atoms with E-state index in [1.165, 1.54) is 6.08 Å². The number of carbonyl (C=O) groups excluding carboxylic acids is 1. The van der Waals surface area contributed by atoms with Gasteiger partial charge in [-0.05, 0) is 10.5 Å². The number of alkyl carbamates (subject to hydrolysis) is 1. The predicted octanol–water partition coefficient (Wildman–Crippen LogP) is 2.26. The van der Waals surface area contributed by atoms with Gasteiger partial charge in [-0.3, -0.25) is 0 Å². The van der Waals surface area contributed by atoms with Crippen LogP contribution in [-0.4, -0.2) is 27.5 Å². The maximum atomic E-state index is 11.4. The first-order valence-corrected chi connectivity index (χ1v) is 6.45. The summed E-state index contributed by atoms with van der Waals surface area (Å²) in [5, 5.41) is 13.0. The molecule has 0 aliphatic heterocycles. The minimum atomic E-state index is -0.566. The molecule has 0 fully saturated rings. The monoisotopic (exact) mass is 302 g/mol. The first-order chi connectivity index (χ1) is 10.6. The van der Waals surface area contributed by atoms with Crippen molar-refractivity contribution in [2.75, 3.05) is 6.54 Å². The Hall–Kier alpha value is -3.16. The summed E-state index contributed by atoms with van der Waals surface area (Å²) < 4.78 is 5.02. The van der Waals surface area contributed by atoms with Crippen molar-refractivity contribution in [1.29, 1.82) is 0 Å². The highest BCUT2D eigenvalue weighted by atomic mass is 16.6. The zero-order valence-electron chi connectivity index (χ0n) is 11.6. The Balaban J connectivity index is 1.70. The van der Waals surface area contributed by atoms with Gasteiger partial charge in [-0.1, -0.05) is 36.4 Å². The number of nitrogens with one attached hydrogen (secondary N) is 2. The Morgan fingerprint density at radius 3 is 2.86 bits per heavy atom. The number of carbonyl (C=O) groups is 1. The lowest BCUT2D eigenvalue weighted by Gasteiger charge is -2.04. The molecule has 0 aliphatic carbocycles. The number of hydrogen-bond acceptors (Lipinski definition) is 5. The number of ether oxygens (including phenoxy) is 1. The second kappa shape index (κ2) is 7.58. The number of nitrogens with zero attached hydrogens (tertiary/aromatic N) is 2. The van der Waals surface area contributed by atoms with E-state index in [2.05, 4.69) is 15.3 Å². The lowest BCUT2D eigenvalue weighted by atomic mass is 10.2. The highest BCUT2D eigenvalue weighted by Gasteiger charge is 2.06. The van der Waals surface area contributed by atoms with Crippen molar-refractivity contribution >= 4 is 18.0 Å². The summed E-state index contributed by atoms with van der Waals surface area (Å²) in [5.41, 5.74) is 0.899. The lowest BCUT2D eigenvalue weighted by molar-refractivity contribution is -0.389. The summed E-state index contributed by atoms with van der Waals surface area (Å²) in [6, 6.07) is 9.32. The summed E-state index contributed by atoms with van der Waals surface area (Å²) >= 11 is 0. The number of benzene rings is 1. The van der Waals surface area contributed by atoms with E-state index in [1.807, 2.05) is 30.3 Å². The number of rotatable bonds is 6. The third-order valence-electron chi connectivity index (χ3n) is 2.63. The van der Waals surface area contributed by atoms with Crippen LogP contribution in [0.3, 0.4) is 0 Å². The Labute approximate surface area is 126 Å². The average Bonchev–Trinajstić information content (AvgIpc) is 3.00. The van der Waals surface area contributed by atoms with E-state index in [-0.39, 0.29) is 19.0 Å². The molecule has 1 aromatic heterocycles. The van der Waals surface area contributed by atoms with Crippen LogP contribution in [0.2, 0.25) is 0 Å². The molecule has 0 unspecified atom stereocenters. The minimum Gasteiger partial charge on any atom is -0.445 e. The number of hydrogen-bond donors (Lipinski definition) is 2. The molecular formula is C14H14N4O4. The number of imidazole rings is 1. The van der Waals surface area contributed by atoms with E-state index in [9.17, 15) is 14.9 Å². The molecule has 2 rings (SSSR count). The predicted molar refractivity (Wildman–Crippen MR) is 78.9 cm³/mol. The number of aromatic amines is 1. The van der Waals surface area contributed by atoms with E-state index < -0.39 is 11.0 Å². The summed E-state index contributed by atoms with van der Waals surface area (Å²) in [4.78, 5) is 27.6. The molecule has 1 amide bonds. The molecule has 0 saturated heterocycles. The van der Waals surface area contributed by atoms with Crippen LogP contribution < -0.4 is 5.32 Å². The summed E-state index contributed by atoms with van der Waals surface area (Å²) in [6.07, 6.45) is 3.72. The molecule has 0 radical (unpaired) electrons. The van der Waals surface area contributed by atoms with Crippen molar-refractivity contribution in [2.45, 2.75) is 6.61 Å². The van der Waals surface area contributed by atoms with Crippen LogP contribution in [0.1, 0.15) is 11.4 Å². The smallest absolute Gasteiger partial charge is 0.407 e. The highest BCUT2D eigenvalue weighted by molar-refractivity contribution is 5.67. The highest BCUT2D eigenvalue weighted by Crippen LogP contribution is 2.06. The third-order valence-corrected chi connectivity index (χ3v) is 2.63. The zero-order valence-corrected chi connectivity index (χ0v) is 11.6. The van der Waals surface area contributed by atoms with Gasteiger partial charge in [-0.25, -0.2) is 14.8 Å². The van der Waals surface area contributed by atoms with Gasteiger partial charge in [0.2, 0.25) is 5.82 Å². The fraction of sp³-hybridized carbons (Fsp3) is 0.143. The molecule has 114 valence electrons. The molecule has 0 aliphatic rings. The van der Waals surface area contributed by atoms with Crippen molar-refractivity contribution in [2.24, 2.45) is 0 Å². The fourth-order valence-electron chi connectivity index (χ4n) is 1.59. The summed E-state index contributed by atoms with van der Waals surface area (Å²) in [6.45, 7) is 0.420. The second-order valence-electron chi connectivity index (χ2n) is 4.26. The molecule has 0 saturated carbocycles. The van der Waals surface area contributed by atoms with Gasteiger partial charge >= 0.3 is 11.9 Å². The molecule has 1 heterocycles. The fourth-order valence-corrected chi connectivity index (χ4v) is 1.59. The Bertz CT molecular complexity index is 666. The van der Waals surface area contributed by atoms with E-state index in [4.69, 9.17) is 4.74 Å². The van der Waals surface area contributed by atoms with Crippen molar-refractivity contribution in [3.8, 4) is 0 Å². The van der Waals surface area contributed by atoms with E-state index in [0.29, 0.717) is 5.82 Å². The summed E-state index contributed by atoms with van der Waals surface area (Å²) in [5.74, 6) is 0.154. The molecular weight excluding hydrogens is 288 g/mol. The molecule has 22 heavy (non-hydrogen) atoms. The van der Waals surface area contributed by atoms with Gasteiger partial charge < -0.3 is 20.2 Å². The van der Waals surface area contributed by atoms with Gasteiger partial charge in [0.25, 0.3) is 0 Å². The first-order valence-electron chi connectivity index (χ1n) is 6.45. The Morgan fingerprint density at radius 1 is 1.41 bits per heavy atom. The molecule has 2 aromatic rings. The van der Waals surface area contributed by atoms with Gasteiger partial charge in [-0.2, -0.15) is 0 Å². The lowest BCUT2D eigenvalue weighted by Crippen LogP contribution is -2.24. The van der Waals surface area contributed by atoms with Crippen LogP contribution in [0, 0.1) is 10.1 Å². The van der Waals surface area contributed by atoms with Crippen LogP contribution in [-0.2, 0) is 11.3 Å². The molecule has 8 nitrogen and oxygen atoms in total. The minimum absolute atomic E-state index is 0.185. The van der Waals surface area contributed by atoms with Crippen LogP contribution in [0.5, 0.6) is 0 Å². The van der Waals surface area contributed by atoms with Crippen molar-refractivity contribution in [1.82, 2.24) is 15.3 Å². The van der Waals surface area contributed by atoms with Crippen LogP contribution in [0.4, 0.5) is 10.6 Å². The third kappa shape index (κ3) is 4.75. The summed E-state index contributed by atoms with van der Waals surface area (Å²) in [7, 11) is 0. The van der Waals surface area contributed by atoms with Crippen molar-refractivity contribution < 1.29 is 14.5 Å². The maximum absolute atomic E-state index is 11.4. The second-order valence-corrected chi connectivity index (χ2v) is 4.26. The van der Waals surface area contributed by atoms with E-state index in [1.54, 1.807) is 6.08 Å². The number of amides is 1. The molecule has 2 N–H and O–H groups in total. The maximum Gasteiger partial charge on any atom is 0.407 e. The van der Waals surface area contributed by atoms with E-state index in [0.717, 1.165) is 11.8 Å². The Morgan fingerprint density at radius 2 is 2.18 bits per heavy atom. The molecule has 0 bridgehead atoms. The van der Waals surface area contributed by atoms with Crippen LogP contribution >= 0.6 is 0 Å². The van der Waals surface area contributed by atoms with Crippen LogP contribution in [0.25, 0.3) is 6.08 Å². The van der Waals surface area contributed by atoms with Gasteiger partial charge in [0, 0.05) is 12.6 Å². The average molecular weight is 302 g/mol. The number of aromatic nitrogens is 2. The van der Waals surface area contributed by atoms with Crippen LogP contribution in [0.15, 0.2) is 42.6 Å². The standard InChI is InChI=1S/C14H14N4O4/c19-14(22-10-11-5-2-1-3-6-11)15-8-4-7-12-16-9-13(17-12)18(20)21/h1-7,9H,8,10H2,(H,15,19)(H,16,17). The Kier molecular flexibility index (Phi) is 5.25. The van der Waals surface area contributed by atoms with Gasteiger partial charge in [0.1, 0.15) is 12.8 Å². The van der Waals surface area contributed by atoms with Crippen molar-refractivity contribution in [3.63, 3.8) is 0 Å².